The van der Waals surface area contributed by atoms with E-state index in [4.69, 9.17) is 21.7 Å². The highest BCUT2D eigenvalue weighted by molar-refractivity contribution is 7.80. The summed E-state index contributed by atoms with van der Waals surface area (Å²) in [4.78, 5) is 26.3. The Balaban J connectivity index is 2.87. The van der Waals surface area contributed by atoms with Crippen LogP contribution in [-0.4, -0.2) is 63.4 Å². The molecule has 0 spiro atoms. The van der Waals surface area contributed by atoms with E-state index in [1.165, 1.54) is 14.2 Å². The van der Waals surface area contributed by atoms with Gasteiger partial charge in [0.05, 0.1) is 19.8 Å². The fourth-order valence-electron chi connectivity index (χ4n) is 1.98. The minimum Gasteiger partial charge on any atom is -0.465 e. The van der Waals surface area contributed by atoms with Crippen LogP contribution in [0.5, 0.6) is 0 Å². The van der Waals surface area contributed by atoms with Crippen LogP contribution in [0, 0.1) is 6.92 Å². The summed E-state index contributed by atoms with van der Waals surface area (Å²) in [5.74, 6) is -1.03. The van der Waals surface area contributed by atoms with E-state index in [1.807, 2.05) is 14.1 Å². The zero-order chi connectivity index (χ0) is 18.3. The molecule has 0 fully saturated rings. The number of esters is 2. The van der Waals surface area contributed by atoms with Crippen molar-refractivity contribution in [1.82, 2.24) is 10.2 Å². The van der Waals surface area contributed by atoms with E-state index in [2.05, 4.69) is 15.5 Å². The number of thiophene rings is 1. The standard InChI is InChI=1S/C15H23N3O4S2/c1-9-10(13(19)21-4)12(24-11(9)14(20)22-5)17-15(23)16-7-6-8-18(2)3/h6-8H2,1-5H3,(H2,16,17,23). The lowest BCUT2D eigenvalue weighted by Gasteiger charge is -2.12. The molecule has 0 amide bonds. The third-order valence-corrected chi connectivity index (χ3v) is 4.64. The van der Waals surface area contributed by atoms with Crippen molar-refractivity contribution in [3.05, 3.63) is 16.0 Å². The van der Waals surface area contributed by atoms with Crippen LogP contribution in [0.1, 0.15) is 32.0 Å². The first kappa shape index (κ1) is 20.3. The Morgan fingerprint density at radius 1 is 1.21 bits per heavy atom. The van der Waals surface area contributed by atoms with E-state index in [0.717, 1.165) is 24.3 Å². The third kappa shape index (κ3) is 5.43. The smallest absolute Gasteiger partial charge is 0.348 e. The van der Waals surface area contributed by atoms with Crippen LogP contribution in [0.25, 0.3) is 0 Å². The van der Waals surface area contributed by atoms with Crippen LogP contribution in [0.2, 0.25) is 0 Å². The van der Waals surface area contributed by atoms with E-state index in [-0.39, 0.29) is 0 Å². The van der Waals surface area contributed by atoms with Crippen molar-refractivity contribution in [2.75, 3.05) is 46.7 Å². The fraction of sp³-hybridized carbons (Fsp3) is 0.533. The summed E-state index contributed by atoms with van der Waals surface area (Å²) >= 11 is 6.36. The number of methoxy groups -OCH3 is 2. The molecule has 7 nitrogen and oxygen atoms in total. The summed E-state index contributed by atoms with van der Waals surface area (Å²) < 4.78 is 9.54. The summed E-state index contributed by atoms with van der Waals surface area (Å²) in [6.07, 6.45) is 0.926. The summed E-state index contributed by atoms with van der Waals surface area (Å²) in [5.41, 5.74) is 0.803. The molecule has 0 aliphatic heterocycles. The summed E-state index contributed by atoms with van der Waals surface area (Å²) in [6.45, 7) is 3.31. The molecule has 134 valence electrons. The minimum atomic E-state index is -0.531. The Morgan fingerprint density at radius 3 is 2.38 bits per heavy atom. The fourth-order valence-corrected chi connectivity index (χ4v) is 3.37. The second-order valence-electron chi connectivity index (χ2n) is 5.28. The number of hydrogen-bond acceptors (Lipinski definition) is 7. The molecule has 0 aliphatic carbocycles. The largest absolute Gasteiger partial charge is 0.465 e. The SMILES string of the molecule is COC(=O)c1sc(NC(=S)NCCCN(C)C)c(C(=O)OC)c1C. The van der Waals surface area contributed by atoms with Gasteiger partial charge in [0, 0.05) is 6.54 Å². The lowest BCUT2D eigenvalue weighted by Crippen LogP contribution is -2.31. The molecule has 0 atom stereocenters. The number of carbonyl (C=O) groups excluding carboxylic acids is 2. The number of nitrogens with one attached hydrogen (secondary N) is 2. The molecule has 1 heterocycles. The van der Waals surface area contributed by atoms with Crippen LogP contribution in [-0.2, 0) is 9.47 Å². The predicted octanol–water partition coefficient (Wildman–Crippen LogP) is 1.87. The molecule has 24 heavy (non-hydrogen) atoms. The molecular formula is C15H23N3O4S2. The van der Waals surface area contributed by atoms with Gasteiger partial charge < -0.3 is 25.0 Å². The Hall–Kier alpha value is -1.71. The first-order valence-electron chi connectivity index (χ1n) is 7.31. The van der Waals surface area contributed by atoms with Crippen molar-refractivity contribution in [3.63, 3.8) is 0 Å². The highest BCUT2D eigenvalue weighted by Crippen LogP contribution is 2.34. The van der Waals surface area contributed by atoms with Gasteiger partial charge in [-0.3, -0.25) is 0 Å². The van der Waals surface area contributed by atoms with E-state index >= 15 is 0 Å². The lowest BCUT2D eigenvalue weighted by atomic mass is 10.1. The molecule has 1 aromatic rings. The van der Waals surface area contributed by atoms with Gasteiger partial charge >= 0.3 is 11.9 Å². The second-order valence-corrected chi connectivity index (χ2v) is 6.71. The molecule has 0 bridgehead atoms. The molecule has 0 aliphatic rings. The molecule has 1 rings (SSSR count). The Kier molecular flexibility index (Phi) is 8.09. The molecule has 0 radical (unpaired) electrons. The number of anilines is 1. The average molecular weight is 374 g/mol. The van der Waals surface area contributed by atoms with Crippen LogP contribution in [0.4, 0.5) is 5.00 Å². The van der Waals surface area contributed by atoms with Crippen LogP contribution < -0.4 is 10.6 Å². The highest BCUT2D eigenvalue weighted by atomic mass is 32.1. The summed E-state index contributed by atoms with van der Waals surface area (Å²) in [5, 5.41) is 6.89. The Bertz CT molecular complexity index is 614. The Morgan fingerprint density at radius 2 is 1.83 bits per heavy atom. The topological polar surface area (TPSA) is 79.9 Å². The molecule has 0 aromatic carbocycles. The predicted molar refractivity (Wildman–Crippen MR) is 99.1 cm³/mol. The second kappa shape index (κ2) is 9.55. The Labute approximate surface area is 151 Å². The van der Waals surface area contributed by atoms with Gasteiger partial charge in [0.1, 0.15) is 9.88 Å². The normalized spacial score (nSPS) is 10.4. The molecule has 9 heteroatoms. The van der Waals surface area contributed by atoms with Gasteiger partial charge in [-0.05, 0) is 51.8 Å². The first-order chi connectivity index (χ1) is 11.3. The van der Waals surface area contributed by atoms with E-state index < -0.39 is 11.9 Å². The molecular weight excluding hydrogens is 350 g/mol. The average Bonchev–Trinajstić information content (AvgIpc) is 2.86. The zero-order valence-electron chi connectivity index (χ0n) is 14.5. The number of hydrogen-bond donors (Lipinski definition) is 2. The van der Waals surface area contributed by atoms with Gasteiger partial charge in [0.2, 0.25) is 0 Å². The van der Waals surface area contributed by atoms with Crippen molar-refractivity contribution in [3.8, 4) is 0 Å². The van der Waals surface area contributed by atoms with Crippen LogP contribution >= 0.6 is 23.6 Å². The molecule has 1 aromatic heterocycles. The lowest BCUT2D eigenvalue weighted by molar-refractivity contribution is 0.0601. The minimum absolute atomic E-state index is 0.292. The summed E-state index contributed by atoms with van der Waals surface area (Å²) in [6, 6.07) is 0. The maximum absolute atomic E-state index is 12.0. The van der Waals surface area contributed by atoms with Crippen molar-refractivity contribution in [2.24, 2.45) is 0 Å². The van der Waals surface area contributed by atoms with Gasteiger partial charge in [0.25, 0.3) is 0 Å². The van der Waals surface area contributed by atoms with Crippen LogP contribution in [0.15, 0.2) is 0 Å². The van der Waals surface area contributed by atoms with Crippen molar-refractivity contribution in [2.45, 2.75) is 13.3 Å². The van der Waals surface area contributed by atoms with Crippen molar-refractivity contribution >= 4 is 45.6 Å². The number of nitrogens with zero attached hydrogens (tertiary/aromatic N) is 1. The van der Waals surface area contributed by atoms with Crippen molar-refractivity contribution in [1.29, 1.82) is 0 Å². The quantitative estimate of drug-likeness (QED) is 0.426. The van der Waals surface area contributed by atoms with Gasteiger partial charge in [-0.1, -0.05) is 0 Å². The zero-order valence-corrected chi connectivity index (χ0v) is 16.2. The van der Waals surface area contributed by atoms with Gasteiger partial charge in [0.15, 0.2) is 5.11 Å². The number of rotatable bonds is 7. The van der Waals surface area contributed by atoms with Gasteiger partial charge in [-0.25, -0.2) is 9.59 Å². The molecule has 0 saturated carbocycles. The highest BCUT2D eigenvalue weighted by Gasteiger charge is 2.26. The number of thiocarbonyl (C=S) groups is 1. The number of ether oxygens (including phenoxy) is 2. The van der Waals surface area contributed by atoms with E-state index in [9.17, 15) is 9.59 Å². The van der Waals surface area contributed by atoms with Gasteiger partial charge in [-0.15, -0.1) is 11.3 Å². The third-order valence-electron chi connectivity index (χ3n) is 3.20. The van der Waals surface area contributed by atoms with Gasteiger partial charge in [-0.2, -0.15) is 0 Å². The maximum atomic E-state index is 12.0. The molecule has 0 unspecified atom stereocenters. The summed E-state index contributed by atoms with van der Waals surface area (Å²) in [7, 11) is 6.59. The molecule has 0 saturated heterocycles. The van der Waals surface area contributed by atoms with Crippen molar-refractivity contribution < 1.29 is 19.1 Å². The maximum Gasteiger partial charge on any atom is 0.348 e. The van der Waals surface area contributed by atoms with E-state index in [0.29, 0.717) is 32.7 Å². The monoisotopic (exact) mass is 373 g/mol. The van der Waals surface area contributed by atoms with E-state index in [1.54, 1.807) is 6.92 Å². The first-order valence-corrected chi connectivity index (χ1v) is 8.53. The van der Waals surface area contributed by atoms with Crippen LogP contribution in [0.3, 0.4) is 0 Å². The molecule has 2 N–H and O–H groups in total. The number of carbonyl (C=O) groups is 2.